The summed E-state index contributed by atoms with van der Waals surface area (Å²) >= 11 is 1.35. The number of para-hydroxylation sites is 1. The Morgan fingerprint density at radius 1 is 1.21 bits per heavy atom. The molecule has 0 fully saturated rings. The van der Waals surface area contributed by atoms with Gasteiger partial charge in [0.1, 0.15) is 0 Å². The number of aromatic nitrogens is 1. The van der Waals surface area contributed by atoms with E-state index in [2.05, 4.69) is 4.98 Å². The molecule has 0 aliphatic rings. The van der Waals surface area contributed by atoms with Crippen molar-refractivity contribution in [2.24, 2.45) is 0 Å². The Hall–Kier alpha value is -2.45. The van der Waals surface area contributed by atoms with Gasteiger partial charge in [-0.1, -0.05) is 23.5 Å². The molecule has 0 radical (unpaired) electrons. The van der Waals surface area contributed by atoms with E-state index < -0.39 is 5.82 Å². The average Bonchev–Trinajstić information content (AvgIpc) is 2.83. The molecule has 0 saturated carbocycles. The number of nitriles is 1. The fourth-order valence-corrected chi connectivity index (χ4v) is 2.47. The topological polar surface area (TPSA) is 45.9 Å². The average molecular weight is 270 g/mol. The molecule has 0 N–H and O–H groups in total. The fourth-order valence-electron chi connectivity index (χ4n) is 1.64. The predicted octanol–water partition coefficient (Wildman–Crippen LogP) is 4.10. The maximum absolute atomic E-state index is 13.7. The Labute approximate surface area is 112 Å². The number of halogens is 1. The molecule has 0 spiro atoms. The standard InChI is InChI=1S/C14H7FN2OS/c15-10-7-9(8-16)5-6-12(10)18-14-17-11-3-1-2-4-13(11)19-14/h1-7H. The summed E-state index contributed by atoms with van der Waals surface area (Å²) in [6.07, 6.45) is 0. The lowest BCUT2D eigenvalue weighted by Crippen LogP contribution is -1.88. The van der Waals surface area contributed by atoms with Crippen molar-refractivity contribution in [2.45, 2.75) is 0 Å². The summed E-state index contributed by atoms with van der Waals surface area (Å²) in [5, 5.41) is 9.05. The van der Waals surface area contributed by atoms with Crippen LogP contribution in [0, 0.1) is 17.1 Å². The number of benzene rings is 2. The van der Waals surface area contributed by atoms with Gasteiger partial charge in [0.25, 0.3) is 5.19 Å². The van der Waals surface area contributed by atoms with E-state index in [1.54, 1.807) is 0 Å². The van der Waals surface area contributed by atoms with Crippen LogP contribution in [0.15, 0.2) is 42.5 Å². The third kappa shape index (κ3) is 2.26. The number of thiazole rings is 1. The zero-order chi connectivity index (χ0) is 13.2. The molecule has 19 heavy (non-hydrogen) atoms. The number of hydrogen-bond donors (Lipinski definition) is 0. The normalized spacial score (nSPS) is 10.3. The smallest absolute Gasteiger partial charge is 0.279 e. The molecule has 0 aliphatic carbocycles. The summed E-state index contributed by atoms with van der Waals surface area (Å²) in [6, 6.07) is 13.5. The quantitative estimate of drug-likeness (QED) is 0.704. The second-order valence-corrected chi connectivity index (χ2v) is 4.80. The molecule has 5 heteroatoms. The van der Waals surface area contributed by atoms with Gasteiger partial charge in [0.15, 0.2) is 11.6 Å². The van der Waals surface area contributed by atoms with E-state index in [9.17, 15) is 4.39 Å². The third-order valence-corrected chi connectivity index (χ3v) is 3.45. The molecule has 0 atom stereocenters. The molecule has 1 aromatic heterocycles. The van der Waals surface area contributed by atoms with E-state index in [-0.39, 0.29) is 11.3 Å². The Kier molecular flexibility index (Phi) is 2.86. The van der Waals surface area contributed by atoms with Crippen molar-refractivity contribution in [3.05, 3.63) is 53.8 Å². The van der Waals surface area contributed by atoms with Crippen LogP contribution in [0.3, 0.4) is 0 Å². The molecule has 1 heterocycles. The maximum Gasteiger partial charge on any atom is 0.279 e. The van der Waals surface area contributed by atoms with Crippen LogP contribution >= 0.6 is 11.3 Å². The molecule has 3 nitrogen and oxygen atoms in total. The Morgan fingerprint density at radius 2 is 2.05 bits per heavy atom. The number of ether oxygens (including phenoxy) is 1. The number of rotatable bonds is 2. The van der Waals surface area contributed by atoms with Crippen molar-refractivity contribution in [2.75, 3.05) is 0 Å². The monoisotopic (exact) mass is 270 g/mol. The minimum absolute atomic E-state index is 0.0676. The molecule has 0 unspecified atom stereocenters. The second kappa shape index (κ2) is 4.67. The van der Waals surface area contributed by atoms with Crippen LogP contribution in [0.25, 0.3) is 10.2 Å². The molecule has 3 rings (SSSR count). The predicted molar refractivity (Wildman–Crippen MR) is 70.8 cm³/mol. The van der Waals surface area contributed by atoms with Gasteiger partial charge in [0.05, 0.1) is 21.8 Å². The van der Waals surface area contributed by atoms with Gasteiger partial charge in [-0.3, -0.25) is 0 Å². The lowest BCUT2D eigenvalue weighted by atomic mass is 10.2. The van der Waals surface area contributed by atoms with Crippen molar-refractivity contribution in [1.82, 2.24) is 4.98 Å². The van der Waals surface area contributed by atoms with Gasteiger partial charge in [0, 0.05) is 0 Å². The van der Waals surface area contributed by atoms with Crippen LogP contribution in [-0.2, 0) is 0 Å². The largest absolute Gasteiger partial charge is 0.428 e. The summed E-state index contributed by atoms with van der Waals surface area (Å²) in [5.74, 6) is -0.503. The van der Waals surface area contributed by atoms with Gasteiger partial charge in [-0.2, -0.15) is 5.26 Å². The Balaban J connectivity index is 1.94. The van der Waals surface area contributed by atoms with Gasteiger partial charge < -0.3 is 4.74 Å². The van der Waals surface area contributed by atoms with Crippen molar-refractivity contribution in [3.63, 3.8) is 0 Å². The third-order valence-electron chi connectivity index (χ3n) is 2.53. The fraction of sp³-hybridized carbons (Fsp3) is 0. The zero-order valence-electron chi connectivity index (χ0n) is 9.63. The van der Waals surface area contributed by atoms with Crippen LogP contribution in [0.5, 0.6) is 10.9 Å². The Bertz CT molecular complexity index is 758. The van der Waals surface area contributed by atoms with Gasteiger partial charge in [0.2, 0.25) is 0 Å². The van der Waals surface area contributed by atoms with E-state index in [0.29, 0.717) is 5.19 Å². The minimum Gasteiger partial charge on any atom is -0.428 e. The molecule has 0 aliphatic heterocycles. The van der Waals surface area contributed by atoms with Crippen LogP contribution in [0.2, 0.25) is 0 Å². The van der Waals surface area contributed by atoms with Crippen LogP contribution in [0.1, 0.15) is 5.56 Å². The summed E-state index contributed by atoms with van der Waals surface area (Å²) in [4.78, 5) is 4.26. The molecular weight excluding hydrogens is 263 g/mol. The van der Waals surface area contributed by atoms with E-state index >= 15 is 0 Å². The van der Waals surface area contributed by atoms with Gasteiger partial charge >= 0.3 is 0 Å². The minimum atomic E-state index is -0.571. The second-order valence-electron chi connectivity index (χ2n) is 3.81. The summed E-state index contributed by atoms with van der Waals surface area (Å²) in [6.45, 7) is 0. The highest BCUT2D eigenvalue weighted by Gasteiger charge is 2.09. The molecule has 3 aromatic rings. The Morgan fingerprint density at radius 3 is 2.79 bits per heavy atom. The summed E-state index contributed by atoms with van der Waals surface area (Å²) in [5.41, 5.74) is 1.07. The van der Waals surface area contributed by atoms with E-state index in [4.69, 9.17) is 10.00 Å². The number of hydrogen-bond acceptors (Lipinski definition) is 4. The molecule has 2 aromatic carbocycles. The summed E-state index contributed by atoms with van der Waals surface area (Å²) < 4.78 is 20.1. The van der Waals surface area contributed by atoms with E-state index in [1.807, 2.05) is 30.3 Å². The van der Waals surface area contributed by atoms with Crippen molar-refractivity contribution in [3.8, 4) is 17.0 Å². The molecule has 0 saturated heterocycles. The first-order chi connectivity index (χ1) is 9.26. The first-order valence-corrected chi connectivity index (χ1v) is 6.31. The lowest BCUT2D eigenvalue weighted by Gasteiger charge is -2.02. The SMILES string of the molecule is N#Cc1ccc(Oc2nc3ccccc3s2)c(F)c1. The van der Waals surface area contributed by atoms with Crippen LogP contribution in [0.4, 0.5) is 4.39 Å². The van der Waals surface area contributed by atoms with Crippen molar-refractivity contribution in [1.29, 1.82) is 5.26 Å². The van der Waals surface area contributed by atoms with Gasteiger partial charge in [-0.05, 0) is 30.3 Å². The summed E-state index contributed by atoms with van der Waals surface area (Å²) in [7, 11) is 0. The first kappa shape index (κ1) is 11.6. The van der Waals surface area contributed by atoms with Crippen molar-refractivity contribution >= 4 is 21.6 Å². The molecular formula is C14H7FN2OS. The first-order valence-electron chi connectivity index (χ1n) is 5.49. The lowest BCUT2D eigenvalue weighted by molar-refractivity contribution is 0.440. The maximum atomic E-state index is 13.7. The van der Waals surface area contributed by atoms with Crippen molar-refractivity contribution < 1.29 is 9.13 Å². The highest BCUT2D eigenvalue weighted by atomic mass is 32.1. The van der Waals surface area contributed by atoms with E-state index in [0.717, 1.165) is 16.3 Å². The molecule has 0 amide bonds. The van der Waals surface area contributed by atoms with Crippen LogP contribution < -0.4 is 4.74 Å². The zero-order valence-corrected chi connectivity index (χ0v) is 10.4. The van der Waals surface area contributed by atoms with E-state index in [1.165, 1.54) is 23.5 Å². The number of nitrogens with zero attached hydrogens (tertiary/aromatic N) is 2. The number of fused-ring (bicyclic) bond motifs is 1. The van der Waals surface area contributed by atoms with Crippen LogP contribution in [-0.4, -0.2) is 4.98 Å². The molecule has 0 bridgehead atoms. The highest BCUT2D eigenvalue weighted by Crippen LogP contribution is 2.32. The molecule has 92 valence electrons. The van der Waals surface area contributed by atoms with Gasteiger partial charge in [-0.15, -0.1) is 0 Å². The van der Waals surface area contributed by atoms with Gasteiger partial charge in [-0.25, -0.2) is 9.37 Å². The highest BCUT2D eigenvalue weighted by molar-refractivity contribution is 7.20.